The highest BCUT2D eigenvalue weighted by atomic mass is 127. The molecule has 1 fully saturated rings. The van der Waals surface area contributed by atoms with Gasteiger partial charge in [-0.3, -0.25) is 4.99 Å². The number of benzene rings is 2. The van der Waals surface area contributed by atoms with E-state index in [1.54, 1.807) is 25.2 Å². The fraction of sp³-hybridized carbons (Fsp3) is 0.409. The molecule has 2 N–H and O–H groups in total. The third-order valence-electron chi connectivity index (χ3n) is 4.74. The van der Waals surface area contributed by atoms with Gasteiger partial charge >= 0.3 is 0 Å². The van der Waals surface area contributed by atoms with Crippen molar-refractivity contribution in [2.24, 2.45) is 4.99 Å². The van der Waals surface area contributed by atoms with Crippen molar-refractivity contribution in [1.29, 1.82) is 0 Å². The highest BCUT2D eigenvalue weighted by Gasteiger charge is 2.15. The molecule has 164 valence electrons. The second-order valence-corrected chi connectivity index (χ2v) is 6.89. The standard InChI is InChI=1S/C22H29FN4O2.HI/c1-17(29-21-10-6-4-8-19(21)23)15-25-22(24-2)26-16-18-7-3-5-9-20(18)27-11-13-28-14-12-27;/h3-10,17H,11-16H2,1-2H3,(H2,24,25,26);1H. The molecule has 0 saturated carbocycles. The molecule has 1 heterocycles. The van der Waals surface area contributed by atoms with Crippen LogP contribution < -0.4 is 20.3 Å². The quantitative estimate of drug-likeness (QED) is 0.328. The lowest BCUT2D eigenvalue weighted by atomic mass is 10.1. The fourth-order valence-electron chi connectivity index (χ4n) is 3.21. The number of ether oxygens (including phenoxy) is 2. The maximum Gasteiger partial charge on any atom is 0.191 e. The minimum atomic E-state index is -0.360. The highest BCUT2D eigenvalue weighted by Crippen LogP contribution is 2.21. The van der Waals surface area contributed by atoms with E-state index < -0.39 is 0 Å². The molecule has 3 rings (SSSR count). The normalized spacial score (nSPS) is 15.2. The van der Waals surface area contributed by atoms with E-state index in [9.17, 15) is 4.39 Å². The predicted octanol–water partition coefficient (Wildman–Crippen LogP) is 3.41. The Kier molecular flexibility index (Phi) is 10.2. The largest absolute Gasteiger partial charge is 0.486 e. The van der Waals surface area contributed by atoms with E-state index in [1.165, 1.54) is 17.3 Å². The molecule has 0 radical (unpaired) electrons. The average Bonchev–Trinajstić information content (AvgIpc) is 2.76. The van der Waals surface area contributed by atoms with Gasteiger partial charge in [0.2, 0.25) is 0 Å². The number of anilines is 1. The summed E-state index contributed by atoms with van der Waals surface area (Å²) < 4.78 is 24.8. The van der Waals surface area contributed by atoms with Crippen LogP contribution in [0.3, 0.4) is 0 Å². The maximum atomic E-state index is 13.7. The van der Waals surface area contributed by atoms with Gasteiger partial charge in [-0.25, -0.2) is 4.39 Å². The Hall–Kier alpha value is -2.07. The topological polar surface area (TPSA) is 58.1 Å². The fourth-order valence-corrected chi connectivity index (χ4v) is 3.21. The Balaban J connectivity index is 0.00000320. The lowest BCUT2D eigenvalue weighted by molar-refractivity contribution is 0.122. The van der Waals surface area contributed by atoms with Gasteiger partial charge < -0.3 is 25.0 Å². The molecule has 0 aliphatic carbocycles. The molecule has 2 aromatic rings. The van der Waals surface area contributed by atoms with E-state index in [0.29, 0.717) is 19.0 Å². The number of guanidine groups is 1. The van der Waals surface area contributed by atoms with Gasteiger partial charge in [0.25, 0.3) is 0 Å². The lowest BCUT2D eigenvalue weighted by Crippen LogP contribution is -2.42. The second kappa shape index (κ2) is 12.6. The first-order valence-corrected chi connectivity index (χ1v) is 9.93. The molecule has 1 atom stereocenters. The Morgan fingerprint density at radius 1 is 1.13 bits per heavy atom. The number of rotatable bonds is 7. The van der Waals surface area contributed by atoms with E-state index in [0.717, 1.165) is 26.3 Å². The summed E-state index contributed by atoms with van der Waals surface area (Å²) in [6.07, 6.45) is -0.217. The molecule has 6 nitrogen and oxygen atoms in total. The van der Waals surface area contributed by atoms with Gasteiger partial charge in [0.15, 0.2) is 17.5 Å². The second-order valence-electron chi connectivity index (χ2n) is 6.89. The number of nitrogens with one attached hydrogen (secondary N) is 2. The van der Waals surface area contributed by atoms with Crippen LogP contribution in [0.1, 0.15) is 12.5 Å². The van der Waals surface area contributed by atoms with Crippen molar-refractivity contribution in [3.8, 4) is 5.75 Å². The SMILES string of the molecule is CN=C(NCc1ccccc1N1CCOCC1)NCC(C)Oc1ccccc1F.I. The molecule has 2 aromatic carbocycles. The monoisotopic (exact) mass is 528 g/mol. The van der Waals surface area contributed by atoms with Crippen molar-refractivity contribution in [2.75, 3.05) is 44.8 Å². The van der Waals surface area contributed by atoms with Gasteiger partial charge in [0, 0.05) is 32.4 Å². The van der Waals surface area contributed by atoms with Gasteiger partial charge in [-0.15, -0.1) is 24.0 Å². The van der Waals surface area contributed by atoms with Crippen molar-refractivity contribution in [3.63, 3.8) is 0 Å². The van der Waals surface area contributed by atoms with E-state index in [4.69, 9.17) is 9.47 Å². The van der Waals surface area contributed by atoms with Gasteiger partial charge in [0.05, 0.1) is 19.8 Å². The lowest BCUT2D eigenvalue weighted by Gasteiger charge is -2.30. The number of nitrogens with zero attached hydrogens (tertiary/aromatic N) is 2. The summed E-state index contributed by atoms with van der Waals surface area (Å²) >= 11 is 0. The molecule has 0 spiro atoms. The van der Waals surface area contributed by atoms with Gasteiger partial charge in [-0.2, -0.15) is 0 Å². The molecular weight excluding hydrogens is 498 g/mol. The molecular formula is C22H30FIN4O2. The first kappa shape index (κ1) is 24.2. The molecule has 1 unspecified atom stereocenters. The number of hydrogen-bond acceptors (Lipinski definition) is 4. The summed E-state index contributed by atoms with van der Waals surface area (Å²) in [7, 11) is 1.73. The van der Waals surface area contributed by atoms with Crippen LogP contribution in [-0.2, 0) is 11.3 Å². The van der Waals surface area contributed by atoms with Gasteiger partial charge in [-0.05, 0) is 30.7 Å². The summed E-state index contributed by atoms with van der Waals surface area (Å²) in [5, 5.41) is 6.58. The van der Waals surface area contributed by atoms with Crippen LogP contribution >= 0.6 is 24.0 Å². The Labute approximate surface area is 194 Å². The van der Waals surface area contributed by atoms with Gasteiger partial charge in [0.1, 0.15) is 6.10 Å². The van der Waals surface area contributed by atoms with Gasteiger partial charge in [-0.1, -0.05) is 30.3 Å². The number of para-hydroxylation sites is 2. The molecule has 8 heteroatoms. The number of hydrogen-bond donors (Lipinski definition) is 2. The van der Waals surface area contributed by atoms with Crippen LogP contribution in [0.4, 0.5) is 10.1 Å². The molecule has 0 bridgehead atoms. The zero-order chi connectivity index (χ0) is 20.5. The summed E-state index contributed by atoms with van der Waals surface area (Å²) in [5.74, 6) is 0.566. The zero-order valence-electron chi connectivity index (χ0n) is 17.4. The smallest absolute Gasteiger partial charge is 0.191 e. The molecule has 0 amide bonds. The van der Waals surface area contributed by atoms with Crippen molar-refractivity contribution in [1.82, 2.24) is 10.6 Å². The van der Waals surface area contributed by atoms with E-state index in [-0.39, 0.29) is 41.6 Å². The number of morpholine rings is 1. The van der Waals surface area contributed by atoms with Crippen LogP contribution in [0, 0.1) is 5.82 Å². The van der Waals surface area contributed by atoms with Crippen LogP contribution in [0.5, 0.6) is 5.75 Å². The summed E-state index contributed by atoms with van der Waals surface area (Å²) in [5.41, 5.74) is 2.42. The molecule has 1 aliphatic rings. The average molecular weight is 528 g/mol. The van der Waals surface area contributed by atoms with E-state index >= 15 is 0 Å². The Bertz CT molecular complexity index is 815. The van der Waals surface area contributed by atoms with Crippen LogP contribution in [-0.4, -0.2) is 52.0 Å². The molecule has 0 aromatic heterocycles. The minimum absolute atomic E-state index is 0. The first-order valence-electron chi connectivity index (χ1n) is 9.93. The summed E-state index contributed by atoms with van der Waals surface area (Å²) in [4.78, 5) is 6.62. The Morgan fingerprint density at radius 2 is 1.83 bits per heavy atom. The first-order chi connectivity index (χ1) is 14.2. The third-order valence-corrected chi connectivity index (χ3v) is 4.74. The number of aliphatic imine (C=N–C) groups is 1. The number of halogens is 2. The predicted molar refractivity (Wildman–Crippen MR) is 130 cm³/mol. The molecule has 1 aliphatic heterocycles. The molecule has 1 saturated heterocycles. The summed E-state index contributed by atoms with van der Waals surface area (Å²) in [6.45, 7) is 6.34. The Morgan fingerprint density at radius 3 is 2.57 bits per heavy atom. The van der Waals surface area contributed by atoms with E-state index in [1.807, 2.05) is 13.0 Å². The minimum Gasteiger partial charge on any atom is -0.486 e. The third kappa shape index (κ3) is 7.02. The van der Waals surface area contributed by atoms with Crippen molar-refractivity contribution in [2.45, 2.75) is 19.6 Å². The van der Waals surface area contributed by atoms with E-state index in [2.05, 4.69) is 38.7 Å². The van der Waals surface area contributed by atoms with Crippen LogP contribution in [0.2, 0.25) is 0 Å². The van der Waals surface area contributed by atoms with Crippen molar-refractivity contribution in [3.05, 3.63) is 59.9 Å². The highest BCUT2D eigenvalue weighted by molar-refractivity contribution is 14.0. The van der Waals surface area contributed by atoms with Crippen LogP contribution in [0.25, 0.3) is 0 Å². The molecule has 30 heavy (non-hydrogen) atoms. The summed E-state index contributed by atoms with van der Waals surface area (Å²) in [6, 6.07) is 14.8. The van der Waals surface area contributed by atoms with Crippen molar-refractivity contribution >= 4 is 35.6 Å². The van der Waals surface area contributed by atoms with Crippen molar-refractivity contribution < 1.29 is 13.9 Å². The zero-order valence-corrected chi connectivity index (χ0v) is 19.8. The maximum absolute atomic E-state index is 13.7. The van der Waals surface area contributed by atoms with Crippen LogP contribution in [0.15, 0.2) is 53.5 Å².